The topological polar surface area (TPSA) is 3.24 Å². The average Bonchev–Trinajstić information content (AvgIpc) is 2.29. The quantitative estimate of drug-likeness (QED) is 0.676. The smallest absolute Gasteiger partial charge is 0.0372 e. The van der Waals surface area contributed by atoms with Crippen molar-refractivity contribution in [2.24, 2.45) is 0 Å². The number of nitrogens with zero attached hydrogens (tertiary/aromatic N) is 1. The molecule has 82 valence electrons. The molecule has 0 unspecified atom stereocenters. The molecule has 0 amide bonds. The van der Waals surface area contributed by atoms with Gasteiger partial charge in [0.25, 0.3) is 0 Å². The molecule has 0 atom stereocenters. The number of anilines is 1. The van der Waals surface area contributed by atoms with Crippen molar-refractivity contribution in [3.63, 3.8) is 0 Å². The van der Waals surface area contributed by atoms with Gasteiger partial charge in [0.05, 0.1) is 0 Å². The van der Waals surface area contributed by atoms with Crippen LogP contribution in [0, 0.1) is 0 Å². The van der Waals surface area contributed by atoms with Gasteiger partial charge >= 0.3 is 0 Å². The Morgan fingerprint density at radius 3 is 2.40 bits per heavy atom. The van der Waals surface area contributed by atoms with Crippen molar-refractivity contribution in [1.82, 2.24) is 0 Å². The van der Waals surface area contributed by atoms with Crippen LogP contribution in [0.25, 0.3) is 6.08 Å². The van der Waals surface area contributed by atoms with Gasteiger partial charge in [0.1, 0.15) is 0 Å². The van der Waals surface area contributed by atoms with Crippen LogP contribution in [0.4, 0.5) is 5.69 Å². The zero-order valence-corrected chi connectivity index (χ0v) is 9.87. The minimum absolute atomic E-state index is 1.13. The SMILES string of the molecule is C=Cc1cccc(N(CCC)CCC)c1. The molecule has 1 nitrogen and oxygen atoms in total. The van der Waals surface area contributed by atoms with Crippen LogP contribution in [0.5, 0.6) is 0 Å². The van der Waals surface area contributed by atoms with E-state index in [1.54, 1.807) is 0 Å². The van der Waals surface area contributed by atoms with Crippen molar-refractivity contribution in [2.75, 3.05) is 18.0 Å². The summed E-state index contributed by atoms with van der Waals surface area (Å²) in [6, 6.07) is 8.58. The van der Waals surface area contributed by atoms with E-state index in [4.69, 9.17) is 0 Å². The molecule has 1 rings (SSSR count). The molecular weight excluding hydrogens is 182 g/mol. The summed E-state index contributed by atoms with van der Waals surface area (Å²) in [4.78, 5) is 2.44. The highest BCUT2D eigenvalue weighted by Gasteiger charge is 2.03. The van der Waals surface area contributed by atoms with Gasteiger partial charge in [0.15, 0.2) is 0 Å². The Kier molecular flexibility index (Phi) is 4.96. The predicted octanol–water partition coefficient (Wildman–Crippen LogP) is 3.96. The van der Waals surface area contributed by atoms with Crippen molar-refractivity contribution < 1.29 is 0 Å². The number of benzene rings is 1. The Bertz CT molecular complexity index is 298. The third-order valence-corrected chi connectivity index (χ3v) is 2.46. The summed E-state index contributed by atoms with van der Waals surface area (Å²) < 4.78 is 0. The lowest BCUT2D eigenvalue weighted by Crippen LogP contribution is -2.24. The van der Waals surface area contributed by atoms with Crippen LogP contribution in [-0.2, 0) is 0 Å². The van der Waals surface area contributed by atoms with E-state index in [0.717, 1.165) is 13.1 Å². The van der Waals surface area contributed by atoms with Gasteiger partial charge in [0.2, 0.25) is 0 Å². The van der Waals surface area contributed by atoms with E-state index in [0.29, 0.717) is 0 Å². The molecule has 1 aromatic rings. The Labute approximate surface area is 93.4 Å². The van der Waals surface area contributed by atoms with E-state index in [1.165, 1.54) is 24.1 Å². The monoisotopic (exact) mass is 203 g/mol. The van der Waals surface area contributed by atoms with Gasteiger partial charge in [0, 0.05) is 18.8 Å². The number of rotatable bonds is 6. The molecule has 0 aliphatic heterocycles. The maximum Gasteiger partial charge on any atom is 0.0372 e. The van der Waals surface area contributed by atoms with E-state index >= 15 is 0 Å². The first-order valence-corrected chi connectivity index (χ1v) is 5.79. The normalized spacial score (nSPS) is 10.0. The van der Waals surface area contributed by atoms with Crippen LogP contribution in [0.1, 0.15) is 32.3 Å². The number of hydrogen-bond donors (Lipinski definition) is 0. The lowest BCUT2D eigenvalue weighted by Gasteiger charge is -2.24. The van der Waals surface area contributed by atoms with Crippen molar-refractivity contribution in [3.8, 4) is 0 Å². The predicted molar refractivity (Wildman–Crippen MR) is 69.3 cm³/mol. The molecule has 0 heterocycles. The summed E-state index contributed by atoms with van der Waals surface area (Å²) in [5, 5.41) is 0. The van der Waals surface area contributed by atoms with Gasteiger partial charge in [-0.25, -0.2) is 0 Å². The second-order valence-electron chi connectivity index (χ2n) is 3.79. The minimum atomic E-state index is 1.13. The third kappa shape index (κ3) is 3.43. The van der Waals surface area contributed by atoms with E-state index in [9.17, 15) is 0 Å². The molecular formula is C14H21N. The van der Waals surface area contributed by atoms with Crippen LogP contribution >= 0.6 is 0 Å². The summed E-state index contributed by atoms with van der Waals surface area (Å²) in [6.45, 7) is 10.5. The minimum Gasteiger partial charge on any atom is -0.372 e. The van der Waals surface area contributed by atoms with E-state index < -0.39 is 0 Å². The summed E-state index contributed by atoms with van der Waals surface area (Å²) in [5.41, 5.74) is 2.51. The molecule has 0 spiro atoms. The third-order valence-electron chi connectivity index (χ3n) is 2.46. The molecule has 0 saturated carbocycles. The second kappa shape index (κ2) is 6.28. The molecule has 0 saturated heterocycles. The van der Waals surface area contributed by atoms with E-state index in [2.05, 4.69) is 49.6 Å². The standard InChI is InChI=1S/C14H21N/c1-4-10-15(11-5-2)14-9-7-8-13(6-3)12-14/h6-9,12H,3-5,10-11H2,1-2H3. The van der Waals surface area contributed by atoms with Gasteiger partial charge in [-0.2, -0.15) is 0 Å². The lowest BCUT2D eigenvalue weighted by atomic mass is 10.2. The largest absolute Gasteiger partial charge is 0.372 e. The summed E-state index contributed by atoms with van der Waals surface area (Å²) >= 11 is 0. The molecule has 0 radical (unpaired) electrons. The summed E-state index contributed by atoms with van der Waals surface area (Å²) in [7, 11) is 0. The molecule has 0 N–H and O–H groups in total. The molecule has 0 fully saturated rings. The van der Waals surface area contributed by atoms with Crippen molar-refractivity contribution in [2.45, 2.75) is 26.7 Å². The van der Waals surface area contributed by atoms with E-state index in [-0.39, 0.29) is 0 Å². The summed E-state index contributed by atoms with van der Waals surface area (Å²) in [5.74, 6) is 0. The zero-order chi connectivity index (χ0) is 11.1. The van der Waals surface area contributed by atoms with Gasteiger partial charge in [-0.15, -0.1) is 0 Å². The Balaban J connectivity index is 2.83. The molecule has 0 aromatic heterocycles. The Hall–Kier alpha value is -1.24. The van der Waals surface area contributed by atoms with Crippen LogP contribution < -0.4 is 4.90 Å². The zero-order valence-electron chi connectivity index (χ0n) is 9.87. The van der Waals surface area contributed by atoms with Crippen molar-refractivity contribution in [3.05, 3.63) is 36.4 Å². The van der Waals surface area contributed by atoms with Crippen LogP contribution in [0.2, 0.25) is 0 Å². The maximum absolute atomic E-state index is 3.80. The molecule has 1 aromatic carbocycles. The maximum atomic E-state index is 3.80. The van der Waals surface area contributed by atoms with Gasteiger partial charge in [-0.05, 0) is 30.5 Å². The first kappa shape index (κ1) is 11.8. The first-order valence-electron chi connectivity index (χ1n) is 5.79. The van der Waals surface area contributed by atoms with Crippen LogP contribution in [0.3, 0.4) is 0 Å². The van der Waals surface area contributed by atoms with Crippen LogP contribution in [-0.4, -0.2) is 13.1 Å². The first-order chi connectivity index (χ1) is 7.31. The highest BCUT2D eigenvalue weighted by molar-refractivity contribution is 5.57. The molecule has 0 aliphatic rings. The number of hydrogen-bond acceptors (Lipinski definition) is 1. The lowest BCUT2D eigenvalue weighted by molar-refractivity contribution is 0.745. The van der Waals surface area contributed by atoms with E-state index in [1.807, 2.05) is 6.08 Å². The Morgan fingerprint density at radius 2 is 1.87 bits per heavy atom. The molecule has 1 heteroatoms. The average molecular weight is 203 g/mol. The van der Waals surface area contributed by atoms with Gasteiger partial charge in [-0.1, -0.05) is 38.6 Å². The van der Waals surface area contributed by atoms with Crippen LogP contribution in [0.15, 0.2) is 30.8 Å². The fourth-order valence-electron chi connectivity index (χ4n) is 1.76. The highest BCUT2D eigenvalue weighted by atomic mass is 15.1. The fraction of sp³-hybridized carbons (Fsp3) is 0.429. The Morgan fingerprint density at radius 1 is 1.20 bits per heavy atom. The van der Waals surface area contributed by atoms with Gasteiger partial charge in [-0.3, -0.25) is 0 Å². The van der Waals surface area contributed by atoms with Gasteiger partial charge < -0.3 is 4.90 Å². The molecule has 15 heavy (non-hydrogen) atoms. The highest BCUT2D eigenvalue weighted by Crippen LogP contribution is 2.17. The fourth-order valence-corrected chi connectivity index (χ4v) is 1.76. The van der Waals surface area contributed by atoms with Crippen molar-refractivity contribution >= 4 is 11.8 Å². The molecule has 0 aliphatic carbocycles. The molecule has 0 bridgehead atoms. The second-order valence-corrected chi connectivity index (χ2v) is 3.79. The van der Waals surface area contributed by atoms with Crippen molar-refractivity contribution in [1.29, 1.82) is 0 Å². The summed E-state index contributed by atoms with van der Waals surface area (Å²) in [6.07, 6.45) is 4.29.